The van der Waals surface area contributed by atoms with Crippen LogP contribution in [0.5, 0.6) is 17.2 Å². The number of esters is 1. The second-order valence-corrected chi connectivity index (χ2v) is 7.71. The lowest BCUT2D eigenvalue weighted by atomic mass is 9.87. The van der Waals surface area contributed by atoms with Crippen LogP contribution in [0.3, 0.4) is 0 Å². The standard InChI is InChI=1S/C23H17BrN2O5/c1-13-2-9-19(29-13)22-17-8-7-16(10-20(17)31-23(26)18(22)11-25)30-21(27)12-28-15-5-3-14(24)4-6-15/h2-10,22H,12,26H2,1H3. The van der Waals surface area contributed by atoms with Gasteiger partial charge in [0.05, 0.1) is 5.92 Å². The molecule has 31 heavy (non-hydrogen) atoms. The Morgan fingerprint density at radius 3 is 2.58 bits per heavy atom. The minimum absolute atomic E-state index is 0.0175. The van der Waals surface area contributed by atoms with Crippen LogP contribution in [0.4, 0.5) is 0 Å². The number of hydrogen-bond acceptors (Lipinski definition) is 7. The van der Waals surface area contributed by atoms with Gasteiger partial charge in [-0.1, -0.05) is 22.0 Å². The molecule has 4 rings (SSSR count). The molecule has 156 valence electrons. The average molecular weight is 481 g/mol. The molecule has 0 spiro atoms. The first kappa shape index (κ1) is 20.6. The number of carbonyl (C=O) groups is 1. The molecular formula is C23H17BrN2O5. The summed E-state index contributed by atoms with van der Waals surface area (Å²) in [6, 6.07) is 17.7. The number of fused-ring (bicyclic) bond motifs is 1. The van der Waals surface area contributed by atoms with Crippen molar-refractivity contribution in [3.63, 3.8) is 0 Å². The lowest BCUT2D eigenvalue weighted by Crippen LogP contribution is -2.21. The topological polar surface area (TPSA) is 108 Å². The van der Waals surface area contributed by atoms with Gasteiger partial charge in [0.2, 0.25) is 5.88 Å². The first-order valence-corrected chi connectivity index (χ1v) is 10.1. The molecule has 7 nitrogen and oxygen atoms in total. The van der Waals surface area contributed by atoms with Gasteiger partial charge in [0.1, 0.15) is 40.4 Å². The maximum absolute atomic E-state index is 12.2. The van der Waals surface area contributed by atoms with Crippen molar-refractivity contribution >= 4 is 21.9 Å². The molecule has 2 aromatic carbocycles. The highest BCUT2D eigenvalue weighted by atomic mass is 79.9. The second kappa shape index (κ2) is 8.58. The summed E-state index contributed by atoms with van der Waals surface area (Å²) in [5, 5.41) is 9.57. The Bertz CT molecular complexity index is 1210. The molecule has 0 radical (unpaired) electrons. The molecule has 1 aliphatic heterocycles. The summed E-state index contributed by atoms with van der Waals surface area (Å²) in [7, 11) is 0. The van der Waals surface area contributed by atoms with Gasteiger partial charge >= 0.3 is 5.97 Å². The third kappa shape index (κ3) is 4.42. The Hall–Kier alpha value is -3.70. The Morgan fingerprint density at radius 1 is 1.16 bits per heavy atom. The number of halogens is 1. The van der Waals surface area contributed by atoms with E-state index >= 15 is 0 Å². The summed E-state index contributed by atoms with van der Waals surface area (Å²) in [6.07, 6.45) is 0. The zero-order valence-corrected chi connectivity index (χ0v) is 18.0. The first-order chi connectivity index (χ1) is 14.9. The summed E-state index contributed by atoms with van der Waals surface area (Å²) >= 11 is 3.34. The largest absolute Gasteiger partial charge is 0.482 e. The van der Waals surface area contributed by atoms with Crippen molar-refractivity contribution in [2.75, 3.05) is 6.61 Å². The minimum atomic E-state index is -0.571. The number of hydrogen-bond donors (Lipinski definition) is 1. The van der Waals surface area contributed by atoms with Gasteiger partial charge in [0.25, 0.3) is 0 Å². The molecule has 1 unspecified atom stereocenters. The fourth-order valence-corrected chi connectivity index (χ4v) is 3.50. The fourth-order valence-electron chi connectivity index (χ4n) is 3.23. The van der Waals surface area contributed by atoms with Crippen LogP contribution >= 0.6 is 15.9 Å². The number of ether oxygens (including phenoxy) is 3. The maximum atomic E-state index is 12.2. The van der Waals surface area contributed by atoms with E-state index in [1.165, 1.54) is 0 Å². The number of furan rings is 1. The van der Waals surface area contributed by atoms with Crippen molar-refractivity contribution in [3.8, 4) is 23.3 Å². The minimum Gasteiger partial charge on any atom is -0.482 e. The van der Waals surface area contributed by atoms with Crippen LogP contribution in [0.1, 0.15) is 23.0 Å². The highest BCUT2D eigenvalue weighted by molar-refractivity contribution is 9.10. The van der Waals surface area contributed by atoms with Gasteiger partial charge < -0.3 is 24.4 Å². The van der Waals surface area contributed by atoms with E-state index in [9.17, 15) is 10.1 Å². The molecule has 3 aromatic rings. The molecule has 0 fully saturated rings. The average Bonchev–Trinajstić information content (AvgIpc) is 3.18. The van der Waals surface area contributed by atoms with E-state index in [2.05, 4.69) is 22.0 Å². The van der Waals surface area contributed by atoms with E-state index in [1.54, 1.807) is 36.4 Å². The Balaban J connectivity index is 1.52. The van der Waals surface area contributed by atoms with Gasteiger partial charge in [-0.2, -0.15) is 5.26 Å². The Morgan fingerprint density at radius 2 is 1.90 bits per heavy atom. The summed E-state index contributed by atoms with van der Waals surface area (Å²) in [4.78, 5) is 12.2. The number of nitrogens with two attached hydrogens (primary N) is 1. The molecule has 0 saturated heterocycles. The molecule has 0 saturated carbocycles. The van der Waals surface area contributed by atoms with Crippen LogP contribution in [0.15, 0.2) is 74.9 Å². The van der Waals surface area contributed by atoms with Gasteiger partial charge in [0, 0.05) is 16.1 Å². The van der Waals surface area contributed by atoms with E-state index in [0.717, 1.165) is 10.2 Å². The smallest absolute Gasteiger partial charge is 0.349 e. The van der Waals surface area contributed by atoms with Crippen molar-refractivity contribution in [2.45, 2.75) is 12.8 Å². The van der Waals surface area contributed by atoms with Crippen LogP contribution in [0, 0.1) is 18.3 Å². The zero-order valence-electron chi connectivity index (χ0n) is 16.4. The number of nitriles is 1. The quantitative estimate of drug-likeness (QED) is 0.421. The third-order valence-electron chi connectivity index (χ3n) is 4.64. The van der Waals surface area contributed by atoms with Crippen molar-refractivity contribution in [3.05, 3.63) is 87.6 Å². The molecule has 2 heterocycles. The molecule has 0 aliphatic carbocycles. The SMILES string of the molecule is Cc1ccc(C2C(C#N)=C(N)Oc3cc(OC(=O)COc4ccc(Br)cc4)ccc32)o1. The molecule has 1 aliphatic rings. The van der Waals surface area contributed by atoms with E-state index in [4.69, 9.17) is 24.4 Å². The first-order valence-electron chi connectivity index (χ1n) is 9.31. The number of nitrogens with zero attached hydrogens (tertiary/aromatic N) is 1. The third-order valence-corrected chi connectivity index (χ3v) is 5.17. The van der Waals surface area contributed by atoms with Crippen LogP contribution in [0.2, 0.25) is 0 Å². The molecular weight excluding hydrogens is 464 g/mol. The highest BCUT2D eigenvalue weighted by Gasteiger charge is 2.33. The van der Waals surface area contributed by atoms with E-state index in [1.807, 2.05) is 25.1 Å². The summed E-state index contributed by atoms with van der Waals surface area (Å²) in [5.74, 6) is 1.40. The molecule has 0 bridgehead atoms. The van der Waals surface area contributed by atoms with Gasteiger partial charge in [-0.05, 0) is 49.4 Å². The number of aryl methyl sites for hydroxylation is 1. The maximum Gasteiger partial charge on any atom is 0.349 e. The molecule has 0 amide bonds. The molecule has 2 N–H and O–H groups in total. The van der Waals surface area contributed by atoms with E-state index in [0.29, 0.717) is 22.8 Å². The van der Waals surface area contributed by atoms with Crippen LogP contribution in [-0.2, 0) is 4.79 Å². The summed E-state index contributed by atoms with van der Waals surface area (Å²) in [6.45, 7) is 1.57. The van der Waals surface area contributed by atoms with Crippen LogP contribution in [-0.4, -0.2) is 12.6 Å². The predicted octanol–water partition coefficient (Wildman–Crippen LogP) is 4.55. The van der Waals surface area contributed by atoms with Gasteiger partial charge in [-0.3, -0.25) is 0 Å². The van der Waals surface area contributed by atoms with Gasteiger partial charge in [-0.25, -0.2) is 4.79 Å². The highest BCUT2D eigenvalue weighted by Crippen LogP contribution is 2.43. The lowest BCUT2D eigenvalue weighted by Gasteiger charge is -2.25. The molecule has 1 aromatic heterocycles. The van der Waals surface area contributed by atoms with Crippen molar-refractivity contribution < 1.29 is 23.4 Å². The number of rotatable bonds is 5. The number of allylic oxidation sites excluding steroid dienone is 1. The molecule has 8 heteroatoms. The summed E-state index contributed by atoms with van der Waals surface area (Å²) < 4.78 is 23.1. The number of carbonyl (C=O) groups excluding carboxylic acids is 1. The summed E-state index contributed by atoms with van der Waals surface area (Å²) in [5.41, 5.74) is 6.92. The number of benzene rings is 2. The van der Waals surface area contributed by atoms with E-state index < -0.39 is 11.9 Å². The van der Waals surface area contributed by atoms with Crippen LogP contribution < -0.4 is 19.9 Å². The monoisotopic (exact) mass is 480 g/mol. The normalized spacial score (nSPS) is 14.9. The second-order valence-electron chi connectivity index (χ2n) is 6.79. The van der Waals surface area contributed by atoms with Crippen molar-refractivity contribution in [1.82, 2.24) is 0 Å². The van der Waals surface area contributed by atoms with Crippen molar-refractivity contribution in [2.24, 2.45) is 5.73 Å². The van der Waals surface area contributed by atoms with Crippen molar-refractivity contribution in [1.29, 1.82) is 5.26 Å². The fraction of sp³-hybridized carbons (Fsp3) is 0.130. The van der Waals surface area contributed by atoms with Gasteiger partial charge in [0.15, 0.2) is 6.61 Å². The van der Waals surface area contributed by atoms with Gasteiger partial charge in [-0.15, -0.1) is 0 Å². The van der Waals surface area contributed by atoms with Crippen LogP contribution in [0.25, 0.3) is 0 Å². The lowest BCUT2D eigenvalue weighted by molar-refractivity contribution is -0.136. The zero-order chi connectivity index (χ0) is 22.0. The van der Waals surface area contributed by atoms with E-state index in [-0.39, 0.29) is 23.8 Å². The Labute approximate surface area is 186 Å². The Kier molecular flexibility index (Phi) is 5.69. The predicted molar refractivity (Wildman–Crippen MR) is 114 cm³/mol. The molecule has 1 atom stereocenters.